The highest BCUT2D eigenvalue weighted by atomic mass is 79.9. The van der Waals surface area contributed by atoms with Crippen molar-refractivity contribution in [3.8, 4) is 0 Å². The molecule has 2 N–H and O–H groups in total. The molecule has 7 heteroatoms. The molecule has 5 nitrogen and oxygen atoms in total. The summed E-state index contributed by atoms with van der Waals surface area (Å²) < 4.78 is 6.00. The fourth-order valence-corrected chi connectivity index (χ4v) is 3.16. The highest BCUT2D eigenvalue weighted by Gasteiger charge is 2.08. The lowest BCUT2D eigenvalue weighted by Crippen LogP contribution is -2.35. The fourth-order valence-electron chi connectivity index (χ4n) is 1.84. The Hall–Kier alpha value is -1.73. The molecular weight excluding hydrogens is 380 g/mol. The van der Waals surface area contributed by atoms with Crippen LogP contribution in [0.25, 0.3) is 0 Å². The maximum absolute atomic E-state index is 11.8. The van der Waals surface area contributed by atoms with Gasteiger partial charge in [0.15, 0.2) is 5.76 Å². The molecule has 2 amide bonds. The molecule has 23 heavy (non-hydrogen) atoms. The summed E-state index contributed by atoms with van der Waals surface area (Å²) in [5, 5.41) is 5.44. The van der Waals surface area contributed by atoms with E-state index in [9.17, 15) is 9.59 Å². The highest BCUT2D eigenvalue weighted by molar-refractivity contribution is 9.10. The Morgan fingerprint density at radius 3 is 2.70 bits per heavy atom. The molecule has 0 aliphatic heterocycles. The molecule has 0 radical (unpaired) electrons. The van der Waals surface area contributed by atoms with E-state index in [0.717, 1.165) is 14.9 Å². The van der Waals surface area contributed by atoms with Gasteiger partial charge in [-0.3, -0.25) is 9.59 Å². The predicted octanol–water partition coefficient (Wildman–Crippen LogP) is 2.99. The van der Waals surface area contributed by atoms with Gasteiger partial charge in [-0.25, -0.2) is 0 Å². The molecule has 2 aromatic rings. The van der Waals surface area contributed by atoms with Crippen LogP contribution in [0.3, 0.4) is 0 Å². The molecule has 1 heterocycles. The summed E-state index contributed by atoms with van der Waals surface area (Å²) in [6, 6.07) is 9.20. The van der Waals surface area contributed by atoms with Crippen molar-refractivity contribution in [2.24, 2.45) is 0 Å². The summed E-state index contributed by atoms with van der Waals surface area (Å²) in [7, 11) is 0. The first-order valence-corrected chi connectivity index (χ1v) is 8.81. The van der Waals surface area contributed by atoms with E-state index in [1.807, 2.05) is 25.1 Å². The first-order chi connectivity index (χ1) is 11.1. The largest absolute Gasteiger partial charge is 0.459 e. The van der Waals surface area contributed by atoms with Crippen LogP contribution in [0.1, 0.15) is 16.1 Å². The zero-order valence-corrected chi connectivity index (χ0v) is 15.0. The fraction of sp³-hybridized carbons (Fsp3) is 0.250. The first kappa shape index (κ1) is 17.6. The number of thioether (sulfide) groups is 1. The van der Waals surface area contributed by atoms with Gasteiger partial charge in [0, 0.05) is 22.5 Å². The molecule has 1 aromatic carbocycles. The van der Waals surface area contributed by atoms with E-state index in [-0.39, 0.29) is 17.6 Å². The van der Waals surface area contributed by atoms with E-state index < -0.39 is 0 Å². The normalized spacial score (nSPS) is 10.3. The Bertz CT molecular complexity index is 674. The van der Waals surface area contributed by atoms with Crippen molar-refractivity contribution in [2.45, 2.75) is 11.8 Å². The van der Waals surface area contributed by atoms with Crippen molar-refractivity contribution < 1.29 is 14.0 Å². The monoisotopic (exact) mass is 396 g/mol. The van der Waals surface area contributed by atoms with Gasteiger partial charge in [-0.1, -0.05) is 15.9 Å². The lowest BCUT2D eigenvalue weighted by Gasteiger charge is -2.08. The number of carbonyl (C=O) groups excluding carboxylic acids is 2. The zero-order valence-electron chi connectivity index (χ0n) is 12.6. The third-order valence-electron chi connectivity index (χ3n) is 2.97. The van der Waals surface area contributed by atoms with Crippen molar-refractivity contribution in [3.63, 3.8) is 0 Å². The second-order valence-corrected chi connectivity index (χ2v) is 6.71. The van der Waals surface area contributed by atoms with Gasteiger partial charge in [-0.2, -0.15) is 0 Å². The SMILES string of the molecule is Cc1cc(Br)ccc1SCC(=O)NCCNC(=O)c1ccco1. The lowest BCUT2D eigenvalue weighted by molar-refractivity contribution is -0.118. The van der Waals surface area contributed by atoms with Crippen molar-refractivity contribution in [2.75, 3.05) is 18.8 Å². The molecule has 0 saturated carbocycles. The Morgan fingerprint density at radius 1 is 1.22 bits per heavy atom. The van der Waals surface area contributed by atoms with Crippen LogP contribution < -0.4 is 10.6 Å². The molecule has 0 bridgehead atoms. The van der Waals surface area contributed by atoms with Gasteiger partial charge in [0.05, 0.1) is 12.0 Å². The van der Waals surface area contributed by atoms with Crippen LogP contribution in [0.4, 0.5) is 0 Å². The minimum atomic E-state index is -0.288. The minimum absolute atomic E-state index is 0.0652. The zero-order chi connectivity index (χ0) is 16.7. The molecule has 0 atom stereocenters. The van der Waals surface area contributed by atoms with E-state index >= 15 is 0 Å². The van der Waals surface area contributed by atoms with Gasteiger partial charge in [0.25, 0.3) is 5.91 Å². The number of rotatable bonds is 7. The molecule has 0 aliphatic rings. The number of hydrogen-bond donors (Lipinski definition) is 2. The number of furan rings is 1. The molecule has 2 rings (SSSR count). The van der Waals surface area contributed by atoms with Gasteiger partial charge in [-0.05, 0) is 42.8 Å². The summed E-state index contributed by atoms with van der Waals surface area (Å²) in [6.45, 7) is 2.74. The van der Waals surface area contributed by atoms with Gasteiger partial charge >= 0.3 is 0 Å². The standard InChI is InChI=1S/C16H17BrN2O3S/c1-11-9-12(17)4-5-14(11)23-10-15(20)18-6-7-19-16(21)13-3-2-8-22-13/h2-5,8-9H,6-7,10H2,1H3,(H,18,20)(H,19,21). The third-order valence-corrected chi connectivity index (χ3v) is 4.64. The van der Waals surface area contributed by atoms with Gasteiger partial charge < -0.3 is 15.1 Å². The van der Waals surface area contributed by atoms with Crippen molar-refractivity contribution in [1.82, 2.24) is 10.6 Å². The van der Waals surface area contributed by atoms with E-state index in [2.05, 4.69) is 26.6 Å². The second-order valence-electron chi connectivity index (χ2n) is 4.78. The molecule has 0 saturated heterocycles. The van der Waals surface area contributed by atoms with Crippen LogP contribution in [0.15, 0.2) is 50.4 Å². The topological polar surface area (TPSA) is 71.3 Å². The summed E-state index contributed by atoms with van der Waals surface area (Å²) in [4.78, 5) is 24.5. The minimum Gasteiger partial charge on any atom is -0.459 e. The molecular formula is C16H17BrN2O3S. The van der Waals surface area contributed by atoms with E-state index in [1.54, 1.807) is 12.1 Å². The second kappa shape index (κ2) is 8.79. The number of nitrogens with one attached hydrogen (secondary N) is 2. The molecule has 1 aromatic heterocycles. The van der Waals surface area contributed by atoms with Crippen molar-refractivity contribution >= 4 is 39.5 Å². The van der Waals surface area contributed by atoms with Crippen LogP contribution in [-0.4, -0.2) is 30.7 Å². The number of aryl methyl sites for hydroxylation is 1. The highest BCUT2D eigenvalue weighted by Crippen LogP contribution is 2.24. The number of halogens is 1. The van der Waals surface area contributed by atoms with Crippen LogP contribution in [0.2, 0.25) is 0 Å². The molecule has 0 aliphatic carbocycles. The third kappa shape index (κ3) is 5.76. The summed E-state index contributed by atoms with van der Waals surface area (Å²) in [6.07, 6.45) is 1.44. The number of benzene rings is 1. The average Bonchev–Trinajstić information content (AvgIpc) is 3.05. The van der Waals surface area contributed by atoms with Crippen LogP contribution in [-0.2, 0) is 4.79 Å². The average molecular weight is 397 g/mol. The van der Waals surface area contributed by atoms with Gasteiger partial charge in [0.1, 0.15) is 0 Å². The lowest BCUT2D eigenvalue weighted by atomic mass is 10.2. The first-order valence-electron chi connectivity index (χ1n) is 7.03. The Kier molecular flexibility index (Phi) is 6.73. The number of amides is 2. The summed E-state index contributed by atoms with van der Waals surface area (Å²) in [5.74, 6) is 0.250. The van der Waals surface area contributed by atoms with Gasteiger partial charge in [-0.15, -0.1) is 11.8 Å². The van der Waals surface area contributed by atoms with Gasteiger partial charge in [0.2, 0.25) is 5.91 Å². The predicted molar refractivity (Wildman–Crippen MR) is 93.7 cm³/mol. The molecule has 0 unspecified atom stereocenters. The maximum Gasteiger partial charge on any atom is 0.287 e. The number of carbonyl (C=O) groups is 2. The Labute approximate surface area is 147 Å². The Morgan fingerprint density at radius 2 is 2.00 bits per heavy atom. The Balaban J connectivity index is 1.64. The summed E-state index contributed by atoms with van der Waals surface area (Å²) >= 11 is 4.91. The van der Waals surface area contributed by atoms with Crippen molar-refractivity contribution in [1.29, 1.82) is 0 Å². The van der Waals surface area contributed by atoms with Crippen LogP contribution in [0, 0.1) is 6.92 Å². The molecule has 122 valence electrons. The quantitative estimate of drug-likeness (QED) is 0.557. The van der Waals surface area contributed by atoms with E-state index in [4.69, 9.17) is 4.42 Å². The maximum atomic E-state index is 11.8. The molecule has 0 fully saturated rings. The van der Waals surface area contributed by atoms with Crippen LogP contribution >= 0.6 is 27.7 Å². The van der Waals surface area contributed by atoms with E-state index in [1.165, 1.54) is 18.0 Å². The summed E-state index contributed by atoms with van der Waals surface area (Å²) in [5.41, 5.74) is 1.13. The van der Waals surface area contributed by atoms with Crippen LogP contribution in [0.5, 0.6) is 0 Å². The molecule has 0 spiro atoms. The number of hydrogen-bond acceptors (Lipinski definition) is 4. The smallest absolute Gasteiger partial charge is 0.287 e. The van der Waals surface area contributed by atoms with E-state index in [0.29, 0.717) is 18.8 Å². The van der Waals surface area contributed by atoms with Crippen molar-refractivity contribution in [3.05, 3.63) is 52.4 Å².